The summed E-state index contributed by atoms with van der Waals surface area (Å²) >= 11 is 5.48. The highest BCUT2D eigenvalue weighted by atomic mass is 35.5. The first-order valence-corrected chi connectivity index (χ1v) is 3.40. The maximum Gasteiger partial charge on any atom is 0.0225 e. The van der Waals surface area contributed by atoms with Crippen molar-refractivity contribution in [3.05, 3.63) is 0 Å². The molecule has 0 rings (SSSR count). The number of rotatable bonds is 3. The molecule has 1 atom stereocenters. The SMILES string of the molecule is CCC(C)CCCl.O. The minimum atomic E-state index is 0. The Morgan fingerprint density at radius 2 is 2.00 bits per heavy atom. The van der Waals surface area contributed by atoms with Gasteiger partial charge in [0.2, 0.25) is 0 Å². The number of halogens is 1. The molecule has 0 heterocycles. The largest absolute Gasteiger partial charge is 0.412 e. The molecule has 2 N–H and O–H groups in total. The minimum absolute atomic E-state index is 0. The van der Waals surface area contributed by atoms with E-state index < -0.39 is 0 Å². The Labute approximate surface area is 56.3 Å². The first-order chi connectivity index (χ1) is 3.31. The van der Waals surface area contributed by atoms with Crippen LogP contribution in [0.4, 0.5) is 0 Å². The van der Waals surface area contributed by atoms with E-state index in [0.717, 1.165) is 18.2 Å². The van der Waals surface area contributed by atoms with E-state index in [1.807, 2.05) is 0 Å². The fourth-order valence-corrected chi connectivity index (χ4v) is 0.763. The molecule has 0 aliphatic rings. The molecular weight excluding hydrogens is 124 g/mol. The van der Waals surface area contributed by atoms with Crippen LogP contribution in [0.3, 0.4) is 0 Å². The fraction of sp³-hybridized carbons (Fsp3) is 1.00. The van der Waals surface area contributed by atoms with Gasteiger partial charge in [-0.05, 0) is 12.3 Å². The van der Waals surface area contributed by atoms with Crippen LogP contribution in [0.5, 0.6) is 0 Å². The summed E-state index contributed by atoms with van der Waals surface area (Å²) in [6.45, 7) is 4.42. The molecule has 0 aromatic carbocycles. The van der Waals surface area contributed by atoms with Gasteiger partial charge in [-0.2, -0.15) is 0 Å². The molecule has 0 bridgehead atoms. The predicted octanol–water partition coefficient (Wildman–Crippen LogP) is 1.84. The zero-order chi connectivity index (χ0) is 5.70. The van der Waals surface area contributed by atoms with Gasteiger partial charge in [-0.15, -0.1) is 11.6 Å². The van der Waals surface area contributed by atoms with E-state index in [1.165, 1.54) is 6.42 Å². The second kappa shape index (κ2) is 7.25. The van der Waals surface area contributed by atoms with Crippen LogP contribution in [0, 0.1) is 5.92 Å². The first-order valence-electron chi connectivity index (χ1n) is 2.87. The van der Waals surface area contributed by atoms with Gasteiger partial charge in [0.05, 0.1) is 0 Å². The maximum absolute atomic E-state index is 5.48. The minimum Gasteiger partial charge on any atom is -0.412 e. The smallest absolute Gasteiger partial charge is 0.0225 e. The van der Waals surface area contributed by atoms with E-state index in [4.69, 9.17) is 11.6 Å². The molecule has 0 radical (unpaired) electrons. The van der Waals surface area contributed by atoms with Crippen molar-refractivity contribution < 1.29 is 5.48 Å². The number of alkyl halides is 1. The van der Waals surface area contributed by atoms with E-state index in [-0.39, 0.29) is 5.48 Å². The van der Waals surface area contributed by atoms with Crippen LogP contribution in [0.15, 0.2) is 0 Å². The Morgan fingerprint density at radius 1 is 1.50 bits per heavy atom. The van der Waals surface area contributed by atoms with E-state index in [1.54, 1.807) is 0 Å². The van der Waals surface area contributed by atoms with Crippen LogP contribution >= 0.6 is 11.6 Å². The molecule has 1 nitrogen and oxygen atoms in total. The quantitative estimate of drug-likeness (QED) is 0.533. The van der Waals surface area contributed by atoms with Crippen LogP contribution in [0.25, 0.3) is 0 Å². The molecule has 52 valence electrons. The monoisotopic (exact) mass is 138 g/mol. The summed E-state index contributed by atoms with van der Waals surface area (Å²) < 4.78 is 0. The Morgan fingerprint density at radius 3 is 2.12 bits per heavy atom. The van der Waals surface area contributed by atoms with Crippen LogP contribution in [-0.4, -0.2) is 11.4 Å². The first kappa shape index (κ1) is 11.1. The van der Waals surface area contributed by atoms with Gasteiger partial charge in [0.25, 0.3) is 0 Å². The zero-order valence-corrected chi connectivity index (χ0v) is 6.33. The zero-order valence-electron chi connectivity index (χ0n) is 5.58. The summed E-state index contributed by atoms with van der Waals surface area (Å²) in [6, 6.07) is 0. The molecule has 0 saturated carbocycles. The van der Waals surface area contributed by atoms with Gasteiger partial charge in [-0.3, -0.25) is 0 Å². The molecule has 0 aromatic rings. The van der Waals surface area contributed by atoms with E-state index in [9.17, 15) is 0 Å². The molecular formula is C6H15ClO. The van der Waals surface area contributed by atoms with Crippen LogP contribution in [0.2, 0.25) is 0 Å². The van der Waals surface area contributed by atoms with Gasteiger partial charge in [0.15, 0.2) is 0 Å². The van der Waals surface area contributed by atoms with Gasteiger partial charge in [0, 0.05) is 5.88 Å². The Hall–Kier alpha value is 0.250. The van der Waals surface area contributed by atoms with Crippen molar-refractivity contribution in [3.63, 3.8) is 0 Å². The highest BCUT2D eigenvalue weighted by Crippen LogP contribution is 2.05. The maximum atomic E-state index is 5.48. The normalized spacial score (nSPS) is 12.4. The third-order valence-corrected chi connectivity index (χ3v) is 1.52. The van der Waals surface area contributed by atoms with Crippen molar-refractivity contribution in [2.45, 2.75) is 26.7 Å². The van der Waals surface area contributed by atoms with Crippen molar-refractivity contribution in [1.82, 2.24) is 0 Å². The van der Waals surface area contributed by atoms with Gasteiger partial charge in [-0.1, -0.05) is 20.3 Å². The second-order valence-electron chi connectivity index (χ2n) is 1.99. The van der Waals surface area contributed by atoms with Crippen LogP contribution in [-0.2, 0) is 0 Å². The Balaban J connectivity index is 0. The molecule has 0 aliphatic carbocycles. The summed E-state index contributed by atoms with van der Waals surface area (Å²) in [4.78, 5) is 0. The highest BCUT2D eigenvalue weighted by Gasteiger charge is 1.93. The Kier molecular flexibility index (Phi) is 10.1. The summed E-state index contributed by atoms with van der Waals surface area (Å²) in [7, 11) is 0. The van der Waals surface area contributed by atoms with Gasteiger partial charge >= 0.3 is 0 Å². The van der Waals surface area contributed by atoms with Crippen molar-refractivity contribution in [3.8, 4) is 0 Å². The topological polar surface area (TPSA) is 31.5 Å². The molecule has 8 heavy (non-hydrogen) atoms. The lowest BCUT2D eigenvalue weighted by atomic mass is 10.1. The van der Waals surface area contributed by atoms with Crippen LogP contribution in [0.1, 0.15) is 26.7 Å². The summed E-state index contributed by atoms with van der Waals surface area (Å²) in [6.07, 6.45) is 2.42. The second-order valence-corrected chi connectivity index (χ2v) is 2.37. The van der Waals surface area contributed by atoms with Crippen molar-refractivity contribution >= 4 is 11.6 Å². The third-order valence-electron chi connectivity index (χ3n) is 1.30. The summed E-state index contributed by atoms with van der Waals surface area (Å²) in [5, 5.41) is 0. The lowest BCUT2D eigenvalue weighted by Crippen LogP contribution is -1.90. The van der Waals surface area contributed by atoms with Crippen molar-refractivity contribution in [2.24, 2.45) is 5.92 Å². The Bertz CT molecular complexity index is 39.5. The molecule has 0 saturated heterocycles. The standard InChI is InChI=1S/C6H13Cl.H2O/c1-3-6(2)4-5-7;/h6H,3-5H2,1-2H3;1H2. The van der Waals surface area contributed by atoms with Crippen molar-refractivity contribution in [2.75, 3.05) is 5.88 Å². The average Bonchev–Trinajstić information content (AvgIpc) is 1.68. The van der Waals surface area contributed by atoms with E-state index >= 15 is 0 Å². The van der Waals surface area contributed by atoms with Gasteiger partial charge in [0.1, 0.15) is 0 Å². The molecule has 0 aliphatic heterocycles. The van der Waals surface area contributed by atoms with Gasteiger partial charge in [-0.25, -0.2) is 0 Å². The molecule has 1 unspecified atom stereocenters. The molecule has 0 spiro atoms. The van der Waals surface area contributed by atoms with Crippen molar-refractivity contribution in [1.29, 1.82) is 0 Å². The number of hydrogen-bond donors (Lipinski definition) is 0. The molecule has 0 fully saturated rings. The number of hydrogen-bond acceptors (Lipinski definition) is 0. The molecule has 0 aromatic heterocycles. The summed E-state index contributed by atoms with van der Waals surface area (Å²) in [5.74, 6) is 1.63. The lowest BCUT2D eigenvalue weighted by Gasteiger charge is -2.01. The third kappa shape index (κ3) is 6.25. The molecule has 0 amide bonds. The predicted molar refractivity (Wildman–Crippen MR) is 38.4 cm³/mol. The van der Waals surface area contributed by atoms with Gasteiger partial charge < -0.3 is 5.48 Å². The fourth-order valence-electron chi connectivity index (χ4n) is 0.390. The van der Waals surface area contributed by atoms with E-state index in [2.05, 4.69) is 13.8 Å². The highest BCUT2D eigenvalue weighted by molar-refractivity contribution is 6.17. The summed E-state index contributed by atoms with van der Waals surface area (Å²) in [5.41, 5.74) is 0. The molecule has 2 heteroatoms. The lowest BCUT2D eigenvalue weighted by molar-refractivity contribution is 0.547. The van der Waals surface area contributed by atoms with E-state index in [0.29, 0.717) is 0 Å². The average molecular weight is 139 g/mol. The van der Waals surface area contributed by atoms with Crippen LogP contribution < -0.4 is 0 Å².